The quantitative estimate of drug-likeness (QED) is 0.611. The van der Waals surface area contributed by atoms with Gasteiger partial charge in [0.05, 0.1) is 34.6 Å². The summed E-state index contributed by atoms with van der Waals surface area (Å²) in [5.41, 5.74) is 3.55. The lowest BCUT2D eigenvalue weighted by Gasteiger charge is -2.27. The fourth-order valence-corrected chi connectivity index (χ4v) is 4.36. The molecule has 0 amide bonds. The highest BCUT2D eigenvalue weighted by Crippen LogP contribution is 2.35. The molecule has 170 valence electrons. The molecule has 1 N–H and O–H groups in total. The molecule has 5 heteroatoms. The first-order chi connectivity index (χ1) is 15.1. The zero-order chi connectivity index (χ0) is 23.1. The molecule has 0 radical (unpaired) electrons. The average molecular weight is 434 g/mol. The van der Waals surface area contributed by atoms with Crippen molar-refractivity contribution in [3.8, 4) is 0 Å². The molecule has 0 saturated carbocycles. The highest BCUT2D eigenvalue weighted by molar-refractivity contribution is 6.04. The normalized spacial score (nSPS) is 22.2. The van der Waals surface area contributed by atoms with Gasteiger partial charge in [-0.3, -0.25) is 0 Å². The average Bonchev–Trinajstić information content (AvgIpc) is 3.33. The van der Waals surface area contributed by atoms with Crippen molar-refractivity contribution in [1.82, 2.24) is 0 Å². The van der Waals surface area contributed by atoms with Crippen LogP contribution in [-0.2, 0) is 9.47 Å². The van der Waals surface area contributed by atoms with Crippen LogP contribution in [0.1, 0.15) is 59.6 Å². The van der Waals surface area contributed by atoms with E-state index in [1.54, 1.807) is 0 Å². The first-order valence-electron chi connectivity index (χ1n) is 11.5. The lowest BCUT2D eigenvalue weighted by atomic mass is 9.88. The Labute approximate surface area is 192 Å². The van der Waals surface area contributed by atoms with Crippen LogP contribution in [0.25, 0.3) is 0 Å². The van der Waals surface area contributed by atoms with E-state index in [2.05, 4.69) is 78.0 Å². The standard InChI is InChI=1S/C27H35N3O2/c1-17(2)23-27(6,7)32-25(30-23)19-13-9-11-15-21(19)28-20-14-10-8-12-18(20)24-29-22(16-31-24)26(3,4)5/h8-15,17,22-23,28H,16H2,1-7H3/t22-,23+/m1/s1. The van der Waals surface area contributed by atoms with Crippen LogP contribution in [0.15, 0.2) is 58.5 Å². The van der Waals surface area contributed by atoms with Gasteiger partial charge in [0.1, 0.15) is 12.2 Å². The first kappa shape index (κ1) is 22.4. The van der Waals surface area contributed by atoms with Crippen molar-refractivity contribution >= 4 is 23.2 Å². The molecule has 0 aromatic heterocycles. The zero-order valence-electron chi connectivity index (χ0n) is 20.3. The van der Waals surface area contributed by atoms with Crippen LogP contribution in [0.5, 0.6) is 0 Å². The van der Waals surface area contributed by atoms with Gasteiger partial charge in [0.2, 0.25) is 11.8 Å². The fraction of sp³-hybridized carbons (Fsp3) is 0.481. The number of aliphatic imine (C=N–C) groups is 2. The molecular weight excluding hydrogens is 398 g/mol. The van der Waals surface area contributed by atoms with Crippen molar-refractivity contribution in [1.29, 1.82) is 0 Å². The van der Waals surface area contributed by atoms with Gasteiger partial charge in [-0.25, -0.2) is 9.98 Å². The van der Waals surface area contributed by atoms with Crippen LogP contribution in [0, 0.1) is 11.3 Å². The third-order valence-corrected chi connectivity index (χ3v) is 6.19. The number of hydrogen-bond donors (Lipinski definition) is 1. The van der Waals surface area contributed by atoms with E-state index >= 15 is 0 Å². The van der Waals surface area contributed by atoms with E-state index in [0.29, 0.717) is 24.3 Å². The van der Waals surface area contributed by atoms with Crippen molar-refractivity contribution in [2.75, 3.05) is 11.9 Å². The summed E-state index contributed by atoms with van der Waals surface area (Å²) >= 11 is 0. The number of rotatable bonds is 5. The Morgan fingerprint density at radius 2 is 1.47 bits per heavy atom. The SMILES string of the molecule is CC(C)[C@@H]1N=C(c2ccccc2Nc2ccccc2C2=N[C@@H](C(C)(C)C)CO2)OC1(C)C. The summed E-state index contributed by atoms with van der Waals surface area (Å²) in [4.78, 5) is 9.84. The number of nitrogens with one attached hydrogen (secondary N) is 1. The summed E-state index contributed by atoms with van der Waals surface area (Å²) in [6, 6.07) is 16.6. The molecule has 2 aromatic rings. The van der Waals surface area contributed by atoms with Crippen molar-refractivity contribution in [2.24, 2.45) is 21.3 Å². The second-order valence-corrected chi connectivity index (χ2v) is 10.7. The van der Waals surface area contributed by atoms with Crippen molar-refractivity contribution in [3.63, 3.8) is 0 Å². The highest BCUT2D eigenvalue weighted by atomic mass is 16.5. The first-order valence-corrected chi connectivity index (χ1v) is 11.5. The lowest BCUT2D eigenvalue weighted by Crippen LogP contribution is -2.36. The van der Waals surface area contributed by atoms with Gasteiger partial charge >= 0.3 is 0 Å². The molecule has 2 aliphatic heterocycles. The summed E-state index contributed by atoms with van der Waals surface area (Å²) < 4.78 is 12.3. The summed E-state index contributed by atoms with van der Waals surface area (Å²) in [5, 5.41) is 3.60. The van der Waals surface area contributed by atoms with E-state index in [4.69, 9.17) is 19.5 Å². The zero-order valence-corrected chi connectivity index (χ0v) is 20.3. The Morgan fingerprint density at radius 1 is 0.906 bits per heavy atom. The minimum atomic E-state index is -0.330. The summed E-state index contributed by atoms with van der Waals surface area (Å²) in [5.74, 6) is 1.79. The van der Waals surface area contributed by atoms with E-state index in [9.17, 15) is 0 Å². The Balaban J connectivity index is 1.67. The molecule has 2 atom stereocenters. The molecule has 4 rings (SSSR count). The smallest absolute Gasteiger partial charge is 0.219 e. The molecule has 0 fully saturated rings. The monoisotopic (exact) mass is 433 g/mol. The van der Waals surface area contributed by atoms with Crippen LogP contribution in [0.2, 0.25) is 0 Å². The number of anilines is 2. The van der Waals surface area contributed by atoms with Crippen molar-refractivity contribution < 1.29 is 9.47 Å². The molecule has 5 nitrogen and oxygen atoms in total. The van der Waals surface area contributed by atoms with Gasteiger partial charge in [-0.1, -0.05) is 58.9 Å². The van der Waals surface area contributed by atoms with Crippen molar-refractivity contribution in [3.05, 3.63) is 59.7 Å². The molecule has 2 heterocycles. The summed E-state index contributed by atoms with van der Waals surface area (Å²) in [7, 11) is 0. The maximum absolute atomic E-state index is 6.33. The Hall–Kier alpha value is -2.82. The van der Waals surface area contributed by atoms with E-state index < -0.39 is 0 Å². The van der Waals surface area contributed by atoms with Crippen LogP contribution in [-0.4, -0.2) is 36.1 Å². The maximum atomic E-state index is 6.33. The van der Waals surface area contributed by atoms with Gasteiger partial charge in [0.15, 0.2) is 0 Å². The molecule has 0 aliphatic carbocycles. The second-order valence-electron chi connectivity index (χ2n) is 10.7. The molecule has 0 saturated heterocycles. The van der Waals surface area contributed by atoms with Gasteiger partial charge in [0, 0.05) is 0 Å². The topological polar surface area (TPSA) is 55.2 Å². The highest BCUT2D eigenvalue weighted by Gasteiger charge is 2.41. The van der Waals surface area contributed by atoms with Gasteiger partial charge in [-0.05, 0) is 49.4 Å². The summed E-state index contributed by atoms with van der Waals surface area (Å²) in [6.07, 6.45) is 0. The number of ether oxygens (including phenoxy) is 2. The molecule has 0 unspecified atom stereocenters. The molecule has 0 bridgehead atoms. The number of benzene rings is 2. The molecule has 0 spiro atoms. The minimum Gasteiger partial charge on any atom is -0.475 e. The Bertz CT molecular complexity index is 1050. The van der Waals surface area contributed by atoms with Crippen LogP contribution in [0.3, 0.4) is 0 Å². The van der Waals surface area contributed by atoms with Crippen LogP contribution >= 0.6 is 0 Å². The van der Waals surface area contributed by atoms with Crippen LogP contribution in [0.4, 0.5) is 11.4 Å². The molecule has 2 aromatic carbocycles. The van der Waals surface area contributed by atoms with Crippen molar-refractivity contribution in [2.45, 2.75) is 66.2 Å². The third-order valence-electron chi connectivity index (χ3n) is 6.19. The largest absolute Gasteiger partial charge is 0.475 e. The van der Waals surface area contributed by atoms with Gasteiger partial charge in [0.25, 0.3) is 0 Å². The molecular formula is C27H35N3O2. The third kappa shape index (κ3) is 4.38. The van der Waals surface area contributed by atoms with E-state index in [-0.39, 0.29) is 23.1 Å². The molecule has 32 heavy (non-hydrogen) atoms. The van der Waals surface area contributed by atoms with Gasteiger partial charge in [-0.15, -0.1) is 0 Å². The van der Waals surface area contributed by atoms with E-state index in [0.717, 1.165) is 22.5 Å². The summed E-state index contributed by atoms with van der Waals surface area (Å²) in [6.45, 7) is 15.8. The number of nitrogens with zero attached hydrogens (tertiary/aromatic N) is 2. The van der Waals surface area contributed by atoms with Crippen LogP contribution < -0.4 is 5.32 Å². The number of hydrogen-bond acceptors (Lipinski definition) is 5. The predicted molar refractivity (Wildman–Crippen MR) is 132 cm³/mol. The van der Waals surface area contributed by atoms with Gasteiger partial charge < -0.3 is 14.8 Å². The van der Waals surface area contributed by atoms with E-state index in [1.165, 1.54) is 0 Å². The maximum Gasteiger partial charge on any atom is 0.219 e. The Kier molecular flexibility index (Phi) is 5.78. The second kappa shape index (κ2) is 8.27. The minimum absolute atomic E-state index is 0.0639. The Morgan fingerprint density at radius 3 is 1.97 bits per heavy atom. The predicted octanol–water partition coefficient (Wildman–Crippen LogP) is 6.20. The molecule has 2 aliphatic rings. The van der Waals surface area contributed by atoms with Gasteiger partial charge in [-0.2, -0.15) is 0 Å². The number of para-hydroxylation sites is 2. The fourth-order valence-electron chi connectivity index (χ4n) is 4.36. The van der Waals surface area contributed by atoms with E-state index in [1.807, 2.05) is 24.3 Å². The lowest BCUT2D eigenvalue weighted by molar-refractivity contribution is 0.0813.